The number of benzene rings is 1. The minimum Gasteiger partial charge on any atom is -0.356 e. The van der Waals surface area contributed by atoms with Crippen LogP contribution in [0, 0.1) is 5.92 Å². The highest BCUT2D eigenvalue weighted by Gasteiger charge is 2.07. The summed E-state index contributed by atoms with van der Waals surface area (Å²) in [5.41, 5.74) is 1.04. The van der Waals surface area contributed by atoms with Gasteiger partial charge in [-0.25, -0.2) is 8.42 Å². The number of amides is 1. The van der Waals surface area contributed by atoms with E-state index in [1.54, 1.807) is 19.2 Å². The maximum absolute atomic E-state index is 11.4. The summed E-state index contributed by atoms with van der Waals surface area (Å²) < 4.78 is 22.9. The Hall–Kier alpha value is -1.36. The zero-order valence-electron chi connectivity index (χ0n) is 15.7. The van der Waals surface area contributed by atoms with Crippen LogP contribution in [0.15, 0.2) is 34.2 Å². The average Bonchev–Trinajstić information content (AvgIpc) is 2.56. The van der Waals surface area contributed by atoms with E-state index in [4.69, 9.17) is 0 Å². The number of sulfone groups is 1. The Morgan fingerprint density at radius 3 is 2.08 bits per heavy atom. The minimum absolute atomic E-state index is 0. The summed E-state index contributed by atoms with van der Waals surface area (Å²) in [5.74, 6) is 0.667. The van der Waals surface area contributed by atoms with Crippen LogP contribution in [0.5, 0.6) is 0 Å². The van der Waals surface area contributed by atoms with Gasteiger partial charge in [0.2, 0.25) is 5.91 Å². The summed E-state index contributed by atoms with van der Waals surface area (Å²) in [6.45, 7) is 5.49. The van der Waals surface area contributed by atoms with E-state index in [2.05, 4.69) is 20.9 Å². The first-order valence-electron chi connectivity index (χ1n) is 8.25. The molecule has 0 spiro atoms. The van der Waals surface area contributed by atoms with Gasteiger partial charge in [0.05, 0.1) is 4.90 Å². The van der Waals surface area contributed by atoms with Crippen molar-refractivity contribution in [1.82, 2.24) is 16.0 Å². The number of carbonyl (C=O) groups excluding carboxylic acids is 1. The molecule has 0 saturated heterocycles. The Balaban J connectivity index is 0.00000625. The predicted molar refractivity (Wildman–Crippen MR) is 116 cm³/mol. The Kier molecular flexibility index (Phi) is 11.5. The molecular weight excluding hydrogens is 467 g/mol. The zero-order chi connectivity index (χ0) is 18.9. The molecule has 7 nitrogen and oxygen atoms in total. The van der Waals surface area contributed by atoms with Crippen molar-refractivity contribution in [1.29, 1.82) is 0 Å². The molecule has 0 atom stereocenters. The molecule has 0 aliphatic heterocycles. The highest BCUT2D eigenvalue weighted by molar-refractivity contribution is 14.0. The van der Waals surface area contributed by atoms with Gasteiger partial charge in [-0.3, -0.25) is 9.79 Å². The molecule has 0 radical (unpaired) electrons. The molecule has 26 heavy (non-hydrogen) atoms. The van der Waals surface area contributed by atoms with E-state index >= 15 is 0 Å². The Bertz CT molecular complexity index is 688. The van der Waals surface area contributed by atoms with Gasteiger partial charge in [0, 0.05) is 38.9 Å². The van der Waals surface area contributed by atoms with E-state index in [0.29, 0.717) is 30.5 Å². The molecule has 0 aliphatic carbocycles. The third-order valence-corrected chi connectivity index (χ3v) is 4.65. The average molecular weight is 496 g/mol. The summed E-state index contributed by atoms with van der Waals surface area (Å²) in [5, 5.41) is 9.13. The molecule has 0 saturated carbocycles. The lowest BCUT2D eigenvalue weighted by atomic mass is 10.1. The molecule has 0 bridgehead atoms. The van der Waals surface area contributed by atoms with Gasteiger partial charge in [0.15, 0.2) is 15.8 Å². The van der Waals surface area contributed by atoms with Crippen LogP contribution in [-0.2, 0) is 21.1 Å². The number of halogens is 1. The second-order valence-electron chi connectivity index (χ2n) is 6.04. The van der Waals surface area contributed by atoms with Crippen LogP contribution in [0.25, 0.3) is 0 Å². The first-order chi connectivity index (χ1) is 11.7. The second-order valence-corrected chi connectivity index (χ2v) is 8.05. The van der Waals surface area contributed by atoms with Gasteiger partial charge in [0.1, 0.15) is 0 Å². The molecular formula is C17H29IN4O3S. The van der Waals surface area contributed by atoms with E-state index < -0.39 is 9.84 Å². The van der Waals surface area contributed by atoms with E-state index in [0.717, 1.165) is 12.0 Å². The summed E-state index contributed by atoms with van der Waals surface area (Å²) in [4.78, 5) is 15.9. The minimum atomic E-state index is -3.16. The van der Waals surface area contributed by atoms with Crippen molar-refractivity contribution < 1.29 is 13.2 Å². The summed E-state index contributed by atoms with van der Waals surface area (Å²) in [6, 6.07) is 6.87. The van der Waals surface area contributed by atoms with Crippen molar-refractivity contribution in [3.63, 3.8) is 0 Å². The first kappa shape index (κ1) is 24.6. The maximum Gasteiger partial charge on any atom is 0.222 e. The number of nitrogens with zero attached hydrogens (tertiary/aromatic N) is 1. The molecule has 0 heterocycles. The van der Waals surface area contributed by atoms with Crippen LogP contribution in [-0.4, -0.2) is 53.2 Å². The SMILES string of the molecule is CN=C(NCCNC(=O)C(C)C)NCCc1ccc(S(C)(=O)=O)cc1.I. The van der Waals surface area contributed by atoms with E-state index in [1.165, 1.54) is 6.26 Å². The Morgan fingerprint density at radius 2 is 1.58 bits per heavy atom. The third-order valence-electron chi connectivity index (χ3n) is 3.52. The number of guanidine groups is 1. The molecule has 148 valence electrons. The number of aliphatic imine (C=N–C) groups is 1. The van der Waals surface area contributed by atoms with E-state index in [-0.39, 0.29) is 35.8 Å². The van der Waals surface area contributed by atoms with Gasteiger partial charge in [-0.2, -0.15) is 0 Å². The molecule has 0 aliphatic rings. The molecule has 1 aromatic carbocycles. The third kappa shape index (κ3) is 9.37. The maximum atomic E-state index is 11.4. The number of carbonyl (C=O) groups is 1. The highest BCUT2D eigenvalue weighted by atomic mass is 127. The topological polar surface area (TPSA) is 99.7 Å². The van der Waals surface area contributed by atoms with Crippen molar-refractivity contribution in [3.05, 3.63) is 29.8 Å². The number of hydrogen-bond donors (Lipinski definition) is 3. The molecule has 1 rings (SSSR count). The second kappa shape index (κ2) is 12.1. The van der Waals surface area contributed by atoms with Crippen LogP contribution < -0.4 is 16.0 Å². The molecule has 1 amide bonds. The van der Waals surface area contributed by atoms with Crippen molar-refractivity contribution in [2.45, 2.75) is 25.2 Å². The lowest BCUT2D eigenvalue weighted by Crippen LogP contribution is -2.42. The van der Waals surface area contributed by atoms with Gasteiger partial charge in [0.25, 0.3) is 0 Å². The molecule has 1 aromatic rings. The fraction of sp³-hybridized carbons (Fsp3) is 0.529. The predicted octanol–water partition coefficient (Wildman–Crippen LogP) is 1.19. The molecule has 0 unspecified atom stereocenters. The van der Waals surface area contributed by atoms with Crippen LogP contribution in [0.2, 0.25) is 0 Å². The summed E-state index contributed by atoms with van der Waals surface area (Å²) in [6.07, 6.45) is 1.94. The van der Waals surface area contributed by atoms with Crippen molar-refractivity contribution in [2.75, 3.05) is 32.9 Å². The summed E-state index contributed by atoms with van der Waals surface area (Å²) in [7, 11) is -1.47. The molecule has 0 aromatic heterocycles. The van der Waals surface area contributed by atoms with Gasteiger partial charge >= 0.3 is 0 Å². The lowest BCUT2D eigenvalue weighted by molar-refractivity contribution is -0.123. The van der Waals surface area contributed by atoms with E-state index in [1.807, 2.05) is 26.0 Å². The highest BCUT2D eigenvalue weighted by Crippen LogP contribution is 2.10. The molecule has 0 fully saturated rings. The number of nitrogens with one attached hydrogen (secondary N) is 3. The molecule has 9 heteroatoms. The van der Waals surface area contributed by atoms with Crippen molar-refractivity contribution in [3.8, 4) is 0 Å². The van der Waals surface area contributed by atoms with Gasteiger partial charge < -0.3 is 16.0 Å². The lowest BCUT2D eigenvalue weighted by Gasteiger charge is -2.13. The smallest absolute Gasteiger partial charge is 0.222 e. The Morgan fingerprint density at radius 1 is 1.04 bits per heavy atom. The largest absolute Gasteiger partial charge is 0.356 e. The van der Waals surface area contributed by atoms with Gasteiger partial charge in [-0.15, -0.1) is 24.0 Å². The fourth-order valence-electron chi connectivity index (χ4n) is 2.02. The fourth-order valence-corrected chi connectivity index (χ4v) is 2.65. The van der Waals surface area contributed by atoms with Crippen molar-refractivity contribution >= 4 is 45.7 Å². The number of rotatable bonds is 8. The monoisotopic (exact) mass is 496 g/mol. The van der Waals surface area contributed by atoms with Gasteiger partial charge in [-0.1, -0.05) is 26.0 Å². The molecule has 3 N–H and O–H groups in total. The van der Waals surface area contributed by atoms with Gasteiger partial charge in [-0.05, 0) is 24.1 Å². The summed E-state index contributed by atoms with van der Waals surface area (Å²) >= 11 is 0. The van der Waals surface area contributed by atoms with Crippen LogP contribution in [0.1, 0.15) is 19.4 Å². The van der Waals surface area contributed by atoms with Crippen molar-refractivity contribution in [2.24, 2.45) is 10.9 Å². The Labute approximate surface area is 173 Å². The normalized spacial score (nSPS) is 11.7. The number of hydrogen-bond acceptors (Lipinski definition) is 4. The zero-order valence-corrected chi connectivity index (χ0v) is 18.9. The standard InChI is InChI=1S/C17H28N4O3S.HI/c1-13(2)16(22)19-11-12-21-17(18-3)20-10-9-14-5-7-15(8-6-14)25(4,23)24;/h5-8,13H,9-12H2,1-4H3,(H,19,22)(H2,18,20,21);1H. The van der Waals surface area contributed by atoms with E-state index in [9.17, 15) is 13.2 Å². The van der Waals surface area contributed by atoms with Crippen LogP contribution in [0.3, 0.4) is 0 Å². The first-order valence-corrected chi connectivity index (χ1v) is 10.1. The van der Waals surface area contributed by atoms with Crippen LogP contribution in [0.4, 0.5) is 0 Å². The quantitative estimate of drug-likeness (QED) is 0.217. The van der Waals surface area contributed by atoms with Crippen LogP contribution >= 0.6 is 24.0 Å².